The van der Waals surface area contributed by atoms with E-state index in [4.69, 9.17) is 0 Å². The van der Waals surface area contributed by atoms with Crippen molar-refractivity contribution >= 4 is 5.57 Å². The molecular weight excluding hydrogens is 302 g/mol. The standard InChI is InChI=1S/C22H29N.C2H6/c1-7-20(21-13-9-8-11-16(21)2)15-18(4)19(5)22-17(3)12-10-14-23(22)6;1-2/h8-15,22H,7H2,1-6H3;1-2H3/b19-18+,20-15+;. The second-order valence-electron chi connectivity index (χ2n) is 6.52. The lowest BCUT2D eigenvalue weighted by Crippen LogP contribution is -2.31. The molecule has 0 bridgehead atoms. The first-order valence-electron chi connectivity index (χ1n) is 9.46. The van der Waals surface area contributed by atoms with E-state index in [1.165, 1.54) is 33.4 Å². The smallest absolute Gasteiger partial charge is 0.0710 e. The van der Waals surface area contributed by atoms with Crippen LogP contribution in [0.4, 0.5) is 0 Å². The van der Waals surface area contributed by atoms with E-state index in [-0.39, 0.29) is 0 Å². The summed E-state index contributed by atoms with van der Waals surface area (Å²) in [6.07, 6.45) is 9.91. The highest BCUT2D eigenvalue weighted by Crippen LogP contribution is 2.28. The Labute approximate surface area is 155 Å². The predicted molar refractivity (Wildman–Crippen MR) is 114 cm³/mol. The summed E-state index contributed by atoms with van der Waals surface area (Å²) < 4.78 is 0. The maximum atomic E-state index is 2.37. The molecule has 0 aliphatic carbocycles. The van der Waals surface area contributed by atoms with Crippen LogP contribution in [0.15, 0.2) is 65.4 Å². The van der Waals surface area contributed by atoms with Crippen molar-refractivity contribution in [2.75, 3.05) is 7.05 Å². The van der Waals surface area contributed by atoms with Gasteiger partial charge in [0.25, 0.3) is 0 Å². The lowest BCUT2D eigenvalue weighted by molar-refractivity contribution is 0.401. The van der Waals surface area contributed by atoms with Gasteiger partial charge in [0.05, 0.1) is 6.04 Å². The second-order valence-corrected chi connectivity index (χ2v) is 6.52. The molecule has 0 fully saturated rings. The summed E-state index contributed by atoms with van der Waals surface area (Å²) in [6, 6.07) is 9.03. The van der Waals surface area contributed by atoms with E-state index in [1.54, 1.807) is 0 Å². The first kappa shape index (κ1) is 21.0. The topological polar surface area (TPSA) is 3.24 Å². The summed E-state index contributed by atoms with van der Waals surface area (Å²) in [6.45, 7) is 15.1. The molecule has 136 valence electrons. The molecule has 1 atom stereocenters. The van der Waals surface area contributed by atoms with Crippen LogP contribution in [-0.4, -0.2) is 18.0 Å². The highest BCUT2D eigenvalue weighted by Gasteiger charge is 2.19. The average molecular weight is 338 g/mol. The zero-order chi connectivity index (χ0) is 19.0. The van der Waals surface area contributed by atoms with Gasteiger partial charge in [0, 0.05) is 7.05 Å². The summed E-state index contributed by atoms with van der Waals surface area (Å²) in [5, 5.41) is 0. The minimum Gasteiger partial charge on any atom is -0.370 e. The molecule has 1 aliphatic heterocycles. The zero-order valence-corrected chi connectivity index (χ0v) is 17.4. The molecule has 0 amide bonds. The van der Waals surface area contributed by atoms with Crippen LogP contribution >= 0.6 is 0 Å². The predicted octanol–water partition coefficient (Wildman–Crippen LogP) is 6.93. The minimum absolute atomic E-state index is 0.367. The van der Waals surface area contributed by atoms with E-state index in [0.717, 1.165) is 6.42 Å². The fourth-order valence-corrected chi connectivity index (χ4v) is 3.37. The van der Waals surface area contributed by atoms with Crippen molar-refractivity contribution in [3.63, 3.8) is 0 Å². The number of hydrogen-bond acceptors (Lipinski definition) is 1. The van der Waals surface area contributed by atoms with Crippen LogP contribution < -0.4 is 0 Å². The van der Waals surface area contributed by atoms with Crippen molar-refractivity contribution in [1.82, 2.24) is 4.90 Å². The molecule has 25 heavy (non-hydrogen) atoms. The molecule has 0 N–H and O–H groups in total. The van der Waals surface area contributed by atoms with E-state index in [0.29, 0.717) is 6.04 Å². The fourth-order valence-electron chi connectivity index (χ4n) is 3.37. The normalized spacial score (nSPS) is 18.2. The Hall–Kier alpha value is -2.02. The van der Waals surface area contributed by atoms with Crippen molar-refractivity contribution in [2.24, 2.45) is 0 Å². The number of nitrogens with zero attached hydrogens (tertiary/aromatic N) is 1. The van der Waals surface area contributed by atoms with Gasteiger partial charge in [0.2, 0.25) is 0 Å². The Kier molecular flexibility index (Phi) is 8.48. The van der Waals surface area contributed by atoms with Crippen LogP contribution in [-0.2, 0) is 0 Å². The molecule has 0 saturated heterocycles. The van der Waals surface area contributed by atoms with Gasteiger partial charge in [-0.15, -0.1) is 0 Å². The van der Waals surface area contributed by atoms with Crippen molar-refractivity contribution in [3.8, 4) is 0 Å². The molecule has 0 spiro atoms. The molecule has 1 heteroatoms. The number of hydrogen-bond donors (Lipinski definition) is 0. The quantitative estimate of drug-likeness (QED) is 0.539. The summed E-state index contributed by atoms with van der Waals surface area (Å²) in [5.41, 5.74) is 8.31. The molecule has 1 aliphatic rings. The summed E-state index contributed by atoms with van der Waals surface area (Å²) in [7, 11) is 2.15. The van der Waals surface area contributed by atoms with Gasteiger partial charge in [-0.1, -0.05) is 57.2 Å². The highest BCUT2D eigenvalue weighted by molar-refractivity contribution is 5.70. The van der Waals surface area contributed by atoms with Gasteiger partial charge in [0.1, 0.15) is 0 Å². The van der Waals surface area contributed by atoms with Crippen LogP contribution in [0.5, 0.6) is 0 Å². The van der Waals surface area contributed by atoms with Gasteiger partial charge < -0.3 is 4.90 Å². The van der Waals surface area contributed by atoms with Crippen LogP contribution in [0, 0.1) is 6.92 Å². The SMILES string of the molecule is CC.CC/C(=C\C(C)=C(/C)C1C(C)=CC=CN1C)c1ccccc1C. The number of allylic oxidation sites excluding steroid dienone is 5. The molecule has 1 aromatic carbocycles. The van der Waals surface area contributed by atoms with Crippen LogP contribution in [0.2, 0.25) is 0 Å². The summed E-state index contributed by atoms with van der Waals surface area (Å²) in [5.74, 6) is 0. The molecule has 1 unspecified atom stereocenters. The number of likely N-dealkylation sites (N-methyl/N-ethyl adjacent to an activating group) is 1. The van der Waals surface area contributed by atoms with E-state index >= 15 is 0 Å². The largest absolute Gasteiger partial charge is 0.370 e. The third-order valence-electron chi connectivity index (χ3n) is 4.81. The van der Waals surface area contributed by atoms with Gasteiger partial charge in [-0.3, -0.25) is 0 Å². The molecule has 2 rings (SSSR count). The summed E-state index contributed by atoms with van der Waals surface area (Å²) in [4.78, 5) is 2.29. The molecule has 0 radical (unpaired) electrons. The number of benzene rings is 1. The summed E-state index contributed by atoms with van der Waals surface area (Å²) >= 11 is 0. The van der Waals surface area contributed by atoms with E-state index in [1.807, 2.05) is 13.8 Å². The van der Waals surface area contributed by atoms with Crippen LogP contribution in [0.3, 0.4) is 0 Å². The molecule has 0 saturated carbocycles. The van der Waals surface area contributed by atoms with Gasteiger partial charge in [-0.2, -0.15) is 0 Å². The molecule has 1 aromatic rings. The van der Waals surface area contributed by atoms with E-state index < -0.39 is 0 Å². The average Bonchev–Trinajstić information content (AvgIpc) is 2.61. The number of rotatable bonds is 4. The van der Waals surface area contributed by atoms with Gasteiger partial charge in [-0.05, 0) is 79.8 Å². The zero-order valence-electron chi connectivity index (χ0n) is 17.4. The Balaban J connectivity index is 0.00000151. The van der Waals surface area contributed by atoms with Gasteiger partial charge in [0.15, 0.2) is 0 Å². The third-order valence-corrected chi connectivity index (χ3v) is 4.81. The first-order valence-corrected chi connectivity index (χ1v) is 9.46. The highest BCUT2D eigenvalue weighted by atomic mass is 15.1. The van der Waals surface area contributed by atoms with Gasteiger partial charge in [-0.25, -0.2) is 0 Å². The van der Waals surface area contributed by atoms with E-state index in [9.17, 15) is 0 Å². The van der Waals surface area contributed by atoms with Crippen LogP contribution in [0.1, 0.15) is 59.1 Å². The minimum atomic E-state index is 0.367. The lowest BCUT2D eigenvalue weighted by atomic mass is 9.91. The van der Waals surface area contributed by atoms with Crippen molar-refractivity contribution in [2.45, 2.75) is 60.9 Å². The third kappa shape index (κ3) is 5.22. The van der Waals surface area contributed by atoms with Crippen molar-refractivity contribution < 1.29 is 0 Å². The Morgan fingerprint density at radius 2 is 1.76 bits per heavy atom. The maximum absolute atomic E-state index is 2.37. The van der Waals surface area contributed by atoms with E-state index in [2.05, 4.69) is 95.3 Å². The van der Waals surface area contributed by atoms with Crippen molar-refractivity contribution in [1.29, 1.82) is 0 Å². The first-order chi connectivity index (χ1) is 12.0. The Morgan fingerprint density at radius 1 is 1.12 bits per heavy atom. The lowest BCUT2D eigenvalue weighted by Gasteiger charge is -2.32. The van der Waals surface area contributed by atoms with Crippen molar-refractivity contribution in [3.05, 3.63) is 76.5 Å². The molecule has 0 aromatic heterocycles. The Bertz CT molecular complexity index is 686. The van der Waals surface area contributed by atoms with Gasteiger partial charge >= 0.3 is 0 Å². The second kappa shape index (κ2) is 10.1. The molecule has 1 nitrogen and oxygen atoms in total. The Morgan fingerprint density at radius 3 is 2.32 bits per heavy atom. The number of aryl methyl sites for hydroxylation is 1. The van der Waals surface area contributed by atoms with Crippen LogP contribution in [0.25, 0.3) is 5.57 Å². The fraction of sp³-hybridized carbons (Fsp3) is 0.417. The molecular formula is C24H35N. The molecule has 1 heterocycles. The maximum Gasteiger partial charge on any atom is 0.0710 e. The monoisotopic (exact) mass is 337 g/mol.